The number of nitrogens with zero attached hydrogens (tertiary/aromatic N) is 4. The smallest absolute Gasteiger partial charge is 0.382 e. The number of aromatic nitrogens is 4. The molecular weight excluding hydrogens is 612 g/mol. The number of ether oxygens (including phenoxy) is 2. The summed E-state index contributed by atoms with van der Waals surface area (Å²) in [5, 5.41) is 0. The number of anilines is 1. The molecule has 0 amide bonds. The van der Waals surface area contributed by atoms with Gasteiger partial charge in [0, 0.05) is 13.0 Å². The van der Waals surface area contributed by atoms with Gasteiger partial charge in [-0.25, -0.2) is 15.0 Å². The van der Waals surface area contributed by atoms with Gasteiger partial charge in [0.15, 0.2) is 11.5 Å². The number of imidazole rings is 1. The van der Waals surface area contributed by atoms with Crippen LogP contribution in [0.3, 0.4) is 0 Å². The lowest BCUT2D eigenvalue weighted by atomic mass is 10.0. The quantitative estimate of drug-likeness (QED) is 0.0626. The Hall–Kier alpha value is -1.93. The van der Waals surface area contributed by atoms with Gasteiger partial charge in [-0.05, 0) is 19.8 Å². The highest BCUT2D eigenvalue weighted by molar-refractivity contribution is 7.52. The predicted octanol–water partition coefficient (Wildman–Crippen LogP) is 7.65. The molecular formula is C28H47F5N5O5P. The molecule has 2 atom stereocenters. The van der Waals surface area contributed by atoms with Crippen LogP contribution in [0.4, 0.5) is 27.8 Å². The summed E-state index contributed by atoms with van der Waals surface area (Å²) in [4.78, 5) is 22.3. The lowest BCUT2D eigenvalue weighted by Gasteiger charge is -2.19. The van der Waals surface area contributed by atoms with Crippen molar-refractivity contribution in [1.82, 2.24) is 19.5 Å². The molecule has 2 rings (SSSR count). The monoisotopic (exact) mass is 659 g/mol. The van der Waals surface area contributed by atoms with E-state index in [0.717, 1.165) is 64.2 Å². The standard InChI is InChI=1S/C28H47F5N5O5P/c1-23(19-38-21-37-24-25(34)35-20-36-26(24)38)42-22-44(39,40)43-18-17-41-16-14-12-10-8-6-4-2-3-5-7-9-11-13-15-27(29,30)28(31,32)33/h20-21,23H,2-19,22H2,1H3,(H,39,40)(H2,34,35,36)/t23-/m1/s1. The van der Waals surface area contributed by atoms with E-state index in [1.807, 2.05) is 0 Å². The number of halogens is 5. The Kier molecular flexibility index (Phi) is 17.0. The first-order chi connectivity index (χ1) is 20.8. The maximum atomic E-state index is 12.8. The first kappa shape index (κ1) is 38.3. The minimum Gasteiger partial charge on any atom is -0.382 e. The second kappa shape index (κ2) is 19.6. The van der Waals surface area contributed by atoms with E-state index in [2.05, 4.69) is 15.0 Å². The van der Waals surface area contributed by atoms with Crippen molar-refractivity contribution in [3.05, 3.63) is 12.7 Å². The molecule has 0 aromatic carbocycles. The van der Waals surface area contributed by atoms with Crippen molar-refractivity contribution >= 4 is 24.6 Å². The minimum absolute atomic E-state index is 0.0120. The van der Waals surface area contributed by atoms with Crippen LogP contribution in [-0.4, -0.2) is 68.8 Å². The molecule has 0 saturated carbocycles. The van der Waals surface area contributed by atoms with Crippen molar-refractivity contribution < 1.29 is 45.4 Å². The molecule has 0 aliphatic heterocycles. The number of fused-ring (bicyclic) bond motifs is 1. The van der Waals surface area contributed by atoms with E-state index in [-0.39, 0.29) is 25.5 Å². The maximum Gasteiger partial charge on any atom is 0.453 e. The van der Waals surface area contributed by atoms with Crippen LogP contribution in [0.5, 0.6) is 0 Å². The summed E-state index contributed by atoms with van der Waals surface area (Å²) in [6, 6.07) is 0. The van der Waals surface area contributed by atoms with Gasteiger partial charge in [-0.2, -0.15) is 22.0 Å². The Bertz CT molecular complexity index is 1120. The van der Waals surface area contributed by atoms with Gasteiger partial charge in [0.25, 0.3) is 0 Å². The third kappa shape index (κ3) is 14.9. The third-order valence-electron chi connectivity index (χ3n) is 7.12. The molecule has 0 radical (unpaired) electrons. The zero-order valence-corrected chi connectivity index (χ0v) is 26.3. The highest BCUT2D eigenvalue weighted by atomic mass is 31.2. The van der Waals surface area contributed by atoms with Crippen molar-refractivity contribution in [2.75, 3.05) is 31.9 Å². The molecule has 1 unspecified atom stereocenters. The van der Waals surface area contributed by atoms with E-state index in [0.29, 0.717) is 37.2 Å². The van der Waals surface area contributed by atoms with Crippen LogP contribution >= 0.6 is 7.60 Å². The van der Waals surface area contributed by atoms with Gasteiger partial charge >= 0.3 is 19.7 Å². The lowest BCUT2D eigenvalue weighted by molar-refractivity contribution is -0.284. The SMILES string of the molecule is C[C@H](Cn1cnc2c(N)ncnc21)OCP(=O)(O)OCCOCCCCCCCCCCCCCCCC(F)(F)C(F)(F)F. The molecule has 0 aliphatic rings. The number of rotatable bonds is 25. The fourth-order valence-electron chi connectivity index (χ4n) is 4.60. The first-order valence-corrected chi connectivity index (χ1v) is 17.1. The second-order valence-corrected chi connectivity index (χ2v) is 12.9. The van der Waals surface area contributed by atoms with Crippen LogP contribution in [0.15, 0.2) is 12.7 Å². The van der Waals surface area contributed by atoms with Crippen LogP contribution in [0.2, 0.25) is 0 Å². The molecule has 2 heterocycles. The van der Waals surface area contributed by atoms with Crippen molar-refractivity contribution in [2.45, 2.75) is 122 Å². The van der Waals surface area contributed by atoms with Crippen LogP contribution < -0.4 is 5.73 Å². The summed E-state index contributed by atoms with van der Waals surface area (Å²) in [6.45, 7) is 2.86. The normalized spacial score (nSPS) is 14.7. The Morgan fingerprint density at radius 1 is 0.864 bits per heavy atom. The molecule has 10 nitrogen and oxygen atoms in total. The highest BCUT2D eigenvalue weighted by Gasteiger charge is 2.56. The molecule has 0 spiro atoms. The second-order valence-electron chi connectivity index (χ2n) is 11.1. The molecule has 254 valence electrons. The summed E-state index contributed by atoms with van der Waals surface area (Å²) >= 11 is 0. The van der Waals surface area contributed by atoms with E-state index < -0.39 is 38.6 Å². The molecule has 0 saturated heterocycles. The van der Waals surface area contributed by atoms with Gasteiger partial charge < -0.3 is 29.2 Å². The summed E-state index contributed by atoms with van der Waals surface area (Å²) < 4.78 is 92.1. The fourth-order valence-corrected chi connectivity index (χ4v) is 5.48. The van der Waals surface area contributed by atoms with Gasteiger partial charge in [-0.1, -0.05) is 70.6 Å². The molecule has 0 fully saturated rings. The number of nitrogens with two attached hydrogens (primary N) is 1. The van der Waals surface area contributed by atoms with Crippen LogP contribution in [0.1, 0.15) is 96.8 Å². The molecule has 2 aromatic heterocycles. The summed E-state index contributed by atoms with van der Waals surface area (Å²) in [7, 11) is -3.93. The van der Waals surface area contributed by atoms with Crippen molar-refractivity contribution in [1.29, 1.82) is 0 Å². The van der Waals surface area contributed by atoms with Crippen molar-refractivity contribution in [3.8, 4) is 0 Å². The topological polar surface area (TPSA) is 135 Å². The summed E-state index contributed by atoms with van der Waals surface area (Å²) in [6.07, 6.45) is 6.86. The molecule has 44 heavy (non-hydrogen) atoms. The Labute approximate surface area is 255 Å². The Morgan fingerprint density at radius 2 is 1.43 bits per heavy atom. The molecule has 0 bridgehead atoms. The largest absolute Gasteiger partial charge is 0.453 e. The first-order valence-electron chi connectivity index (χ1n) is 15.3. The van der Waals surface area contributed by atoms with E-state index in [9.17, 15) is 31.4 Å². The predicted molar refractivity (Wildman–Crippen MR) is 157 cm³/mol. The van der Waals surface area contributed by atoms with Gasteiger partial charge in [0.2, 0.25) is 0 Å². The summed E-state index contributed by atoms with van der Waals surface area (Å²) in [5.74, 6) is -4.30. The highest BCUT2D eigenvalue weighted by Crippen LogP contribution is 2.42. The molecule has 0 aliphatic carbocycles. The van der Waals surface area contributed by atoms with Crippen LogP contribution in [0.25, 0.3) is 11.2 Å². The number of alkyl halides is 5. The molecule has 16 heteroatoms. The van der Waals surface area contributed by atoms with E-state index in [1.165, 1.54) is 6.33 Å². The minimum atomic E-state index is -5.45. The van der Waals surface area contributed by atoms with Crippen molar-refractivity contribution in [3.63, 3.8) is 0 Å². The average molecular weight is 660 g/mol. The number of unbranched alkanes of at least 4 members (excludes halogenated alkanes) is 12. The van der Waals surface area contributed by atoms with Crippen LogP contribution in [-0.2, 0) is 25.1 Å². The van der Waals surface area contributed by atoms with Gasteiger partial charge in [0.1, 0.15) is 18.2 Å². The Balaban J connectivity index is 1.35. The third-order valence-corrected chi connectivity index (χ3v) is 8.18. The van der Waals surface area contributed by atoms with Crippen molar-refractivity contribution in [2.24, 2.45) is 0 Å². The van der Waals surface area contributed by atoms with E-state index in [1.54, 1.807) is 17.8 Å². The average Bonchev–Trinajstić information content (AvgIpc) is 3.36. The lowest BCUT2D eigenvalue weighted by Crippen LogP contribution is -2.36. The zero-order chi connectivity index (χ0) is 32.5. The number of hydrogen-bond donors (Lipinski definition) is 2. The van der Waals surface area contributed by atoms with E-state index in [4.69, 9.17) is 19.7 Å². The molecule has 2 aromatic rings. The molecule has 3 N–H and O–H groups in total. The number of hydrogen-bond acceptors (Lipinski definition) is 8. The Morgan fingerprint density at radius 3 is 2.02 bits per heavy atom. The number of nitrogen functional groups attached to an aromatic ring is 1. The van der Waals surface area contributed by atoms with Gasteiger partial charge in [-0.15, -0.1) is 0 Å². The van der Waals surface area contributed by atoms with Gasteiger partial charge in [0.05, 0.1) is 32.2 Å². The maximum absolute atomic E-state index is 12.8. The van der Waals surface area contributed by atoms with Gasteiger partial charge in [-0.3, -0.25) is 4.57 Å². The fraction of sp³-hybridized carbons (Fsp3) is 0.821. The van der Waals surface area contributed by atoms with Crippen LogP contribution in [0, 0.1) is 0 Å². The van der Waals surface area contributed by atoms with E-state index >= 15 is 0 Å². The zero-order valence-electron chi connectivity index (χ0n) is 25.5. The summed E-state index contributed by atoms with van der Waals surface area (Å²) in [5.41, 5.74) is 6.82.